The van der Waals surface area contributed by atoms with Crippen LogP contribution in [-0.2, 0) is 0 Å². The summed E-state index contributed by atoms with van der Waals surface area (Å²) in [6, 6.07) is 3.33. The van der Waals surface area contributed by atoms with E-state index in [0.29, 0.717) is 35.1 Å². The van der Waals surface area contributed by atoms with Crippen molar-refractivity contribution in [3.05, 3.63) is 29.0 Å². The summed E-state index contributed by atoms with van der Waals surface area (Å²) in [5.41, 5.74) is 6.98. The Balaban J connectivity index is 0.00000243. The van der Waals surface area contributed by atoms with Crippen LogP contribution in [0, 0.1) is 5.41 Å². The van der Waals surface area contributed by atoms with E-state index in [-0.39, 0.29) is 29.8 Å². The minimum Gasteiger partial charge on any atom is -0.496 e. The normalized spacial score (nSPS) is 19.0. The van der Waals surface area contributed by atoms with E-state index in [2.05, 4.69) is 29.4 Å². The number of nitrogens with zero attached hydrogens (tertiary/aromatic N) is 5. The van der Waals surface area contributed by atoms with Gasteiger partial charge in [-0.1, -0.05) is 25.4 Å². The van der Waals surface area contributed by atoms with Crippen molar-refractivity contribution < 1.29 is 9.53 Å². The molecule has 1 aliphatic heterocycles. The molecule has 142 valence electrons. The smallest absolute Gasteiger partial charge is 0.257 e. The van der Waals surface area contributed by atoms with Crippen LogP contribution >= 0.6 is 24.0 Å². The van der Waals surface area contributed by atoms with E-state index in [4.69, 9.17) is 22.1 Å². The first kappa shape index (κ1) is 20.4. The van der Waals surface area contributed by atoms with E-state index < -0.39 is 0 Å². The maximum Gasteiger partial charge on any atom is 0.257 e. The average Bonchev–Trinajstić information content (AvgIpc) is 3.10. The molecule has 2 aromatic rings. The lowest BCUT2D eigenvalue weighted by molar-refractivity contribution is 0.0530. The first-order valence-corrected chi connectivity index (χ1v) is 8.37. The highest BCUT2D eigenvalue weighted by molar-refractivity contribution is 6.33. The standard InChI is InChI=1S/C16H21ClN6O2.ClH/c1-16(2)8-22(5-4-14(16)18)15(24)10-6-11(17)12(7-13(10)25-3)23-9-19-20-21-23;/h6-7,9,14H,4-5,8,18H2,1-3H3;1H. The molecular formula is C16H22Cl2N6O2. The number of benzene rings is 1. The Morgan fingerprint density at radius 1 is 1.42 bits per heavy atom. The minimum absolute atomic E-state index is 0. The van der Waals surface area contributed by atoms with Gasteiger partial charge in [0.05, 0.1) is 23.4 Å². The molecule has 0 saturated carbocycles. The van der Waals surface area contributed by atoms with Gasteiger partial charge in [0.25, 0.3) is 5.91 Å². The maximum atomic E-state index is 13.0. The third-order valence-electron chi connectivity index (χ3n) is 4.69. The lowest BCUT2D eigenvalue weighted by Gasteiger charge is -2.42. The molecule has 1 unspecified atom stereocenters. The Bertz CT molecular complexity index is 781. The van der Waals surface area contributed by atoms with Gasteiger partial charge in [0, 0.05) is 25.2 Å². The number of amides is 1. The van der Waals surface area contributed by atoms with Gasteiger partial charge >= 0.3 is 0 Å². The zero-order valence-electron chi connectivity index (χ0n) is 14.8. The highest BCUT2D eigenvalue weighted by atomic mass is 35.5. The Morgan fingerprint density at radius 2 is 2.15 bits per heavy atom. The van der Waals surface area contributed by atoms with Gasteiger partial charge in [0.2, 0.25) is 0 Å². The van der Waals surface area contributed by atoms with E-state index in [0.717, 1.165) is 6.42 Å². The quantitative estimate of drug-likeness (QED) is 0.844. The van der Waals surface area contributed by atoms with E-state index in [1.807, 2.05) is 0 Å². The van der Waals surface area contributed by atoms with Gasteiger partial charge in [0.1, 0.15) is 12.1 Å². The van der Waals surface area contributed by atoms with E-state index in [1.54, 1.807) is 17.0 Å². The Hall–Kier alpha value is -1.90. The van der Waals surface area contributed by atoms with Crippen molar-refractivity contribution in [3.63, 3.8) is 0 Å². The number of hydrogen-bond acceptors (Lipinski definition) is 6. The lowest BCUT2D eigenvalue weighted by Crippen LogP contribution is -2.54. The van der Waals surface area contributed by atoms with Crippen LogP contribution in [0.2, 0.25) is 5.02 Å². The average molecular weight is 401 g/mol. The summed E-state index contributed by atoms with van der Waals surface area (Å²) in [7, 11) is 1.51. The molecule has 3 rings (SSSR count). The van der Waals surface area contributed by atoms with Crippen molar-refractivity contribution in [1.29, 1.82) is 0 Å². The third-order valence-corrected chi connectivity index (χ3v) is 5.00. The summed E-state index contributed by atoms with van der Waals surface area (Å²) >= 11 is 6.35. The zero-order chi connectivity index (χ0) is 18.2. The highest BCUT2D eigenvalue weighted by Gasteiger charge is 2.36. The van der Waals surface area contributed by atoms with Crippen molar-refractivity contribution >= 4 is 29.9 Å². The van der Waals surface area contributed by atoms with Gasteiger partial charge in [-0.25, -0.2) is 0 Å². The van der Waals surface area contributed by atoms with Crippen molar-refractivity contribution in [2.24, 2.45) is 11.1 Å². The van der Waals surface area contributed by atoms with Crippen LogP contribution in [-0.4, -0.2) is 57.3 Å². The number of tetrazole rings is 1. The molecule has 10 heteroatoms. The number of piperidine rings is 1. The molecule has 1 fully saturated rings. The fourth-order valence-electron chi connectivity index (χ4n) is 3.04. The van der Waals surface area contributed by atoms with E-state index in [9.17, 15) is 4.79 Å². The molecule has 0 aliphatic carbocycles. The van der Waals surface area contributed by atoms with Crippen molar-refractivity contribution in [1.82, 2.24) is 25.1 Å². The Morgan fingerprint density at radius 3 is 2.73 bits per heavy atom. The van der Waals surface area contributed by atoms with Crippen LogP contribution in [0.25, 0.3) is 5.69 Å². The second-order valence-corrected chi connectivity index (χ2v) is 7.28. The number of carbonyl (C=O) groups is 1. The molecule has 8 nitrogen and oxygen atoms in total. The fraction of sp³-hybridized carbons (Fsp3) is 0.500. The number of hydrogen-bond donors (Lipinski definition) is 1. The summed E-state index contributed by atoms with van der Waals surface area (Å²) in [6.07, 6.45) is 2.19. The molecule has 0 radical (unpaired) electrons. The highest BCUT2D eigenvalue weighted by Crippen LogP contribution is 2.33. The van der Waals surface area contributed by atoms with Crippen LogP contribution in [0.1, 0.15) is 30.6 Å². The molecule has 2 heterocycles. The van der Waals surface area contributed by atoms with E-state index >= 15 is 0 Å². The molecule has 1 aliphatic rings. The largest absolute Gasteiger partial charge is 0.496 e. The summed E-state index contributed by atoms with van der Waals surface area (Å²) in [6.45, 7) is 5.34. The monoisotopic (exact) mass is 400 g/mol. The fourth-order valence-corrected chi connectivity index (χ4v) is 3.29. The zero-order valence-corrected chi connectivity index (χ0v) is 16.4. The first-order valence-electron chi connectivity index (χ1n) is 7.99. The second-order valence-electron chi connectivity index (χ2n) is 6.87. The van der Waals surface area contributed by atoms with Gasteiger partial charge in [-0.2, -0.15) is 4.68 Å². The number of methoxy groups -OCH3 is 1. The van der Waals surface area contributed by atoms with E-state index in [1.165, 1.54) is 18.1 Å². The number of carbonyl (C=O) groups excluding carboxylic acids is 1. The van der Waals surface area contributed by atoms with Gasteiger partial charge in [-0.3, -0.25) is 4.79 Å². The molecule has 1 amide bonds. The number of ether oxygens (including phenoxy) is 1. The second kappa shape index (κ2) is 7.77. The number of rotatable bonds is 3. The van der Waals surface area contributed by atoms with Crippen molar-refractivity contribution in [2.45, 2.75) is 26.3 Å². The molecule has 1 aromatic carbocycles. The molecule has 1 aromatic heterocycles. The molecule has 2 N–H and O–H groups in total. The molecule has 26 heavy (non-hydrogen) atoms. The molecule has 1 saturated heterocycles. The summed E-state index contributed by atoms with van der Waals surface area (Å²) < 4.78 is 6.83. The van der Waals surface area contributed by atoms with Crippen LogP contribution in [0.3, 0.4) is 0 Å². The van der Waals surface area contributed by atoms with Crippen molar-refractivity contribution in [2.75, 3.05) is 20.2 Å². The van der Waals surface area contributed by atoms with Crippen LogP contribution < -0.4 is 10.5 Å². The third kappa shape index (κ3) is 3.77. The molecular weight excluding hydrogens is 379 g/mol. The number of aromatic nitrogens is 4. The van der Waals surface area contributed by atoms with Crippen LogP contribution in [0.15, 0.2) is 18.5 Å². The molecule has 1 atom stereocenters. The Labute approximate surface area is 163 Å². The maximum absolute atomic E-state index is 13.0. The van der Waals surface area contributed by atoms with Crippen LogP contribution in [0.4, 0.5) is 0 Å². The number of nitrogens with two attached hydrogens (primary N) is 1. The van der Waals surface area contributed by atoms with Crippen LogP contribution in [0.5, 0.6) is 5.75 Å². The van der Waals surface area contributed by atoms with Gasteiger partial charge in [-0.05, 0) is 28.3 Å². The van der Waals surface area contributed by atoms with Crippen molar-refractivity contribution in [3.8, 4) is 11.4 Å². The summed E-state index contributed by atoms with van der Waals surface area (Å²) in [5, 5.41) is 11.4. The topological polar surface area (TPSA) is 99.2 Å². The summed E-state index contributed by atoms with van der Waals surface area (Å²) in [4.78, 5) is 14.8. The number of likely N-dealkylation sites (tertiary alicyclic amines) is 1. The van der Waals surface area contributed by atoms with Gasteiger partial charge < -0.3 is 15.4 Å². The molecule has 0 bridgehead atoms. The predicted octanol–water partition coefficient (Wildman–Crippen LogP) is 1.95. The first-order chi connectivity index (χ1) is 11.8. The number of halogens is 2. The predicted molar refractivity (Wildman–Crippen MR) is 100 cm³/mol. The minimum atomic E-state index is -0.142. The van der Waals surface area contributed by atoms with Gasteiger partial charge in [0.15, 0.2) is 0 Å². The summed E-state index contributed by atoms with van der Waals surface area (Å²) in [5.74, 6) is 0.301. The van der Waals surface area contributed by atoms with Gasteiger partial charge in [-0.15, -0.1) is 17.5 Å². The Kier molecular flexibility index (Phi) is 6.10. The lowest BCUT2D eigenvalue weighted by atomic mass is 9.79. The molecule has 0 spiro atoms. The SMILES string of the molecule is COc1cc(-n2cnnn2)c(Cl)cc1C(=O)N1CCC(N)C(C)(C)C1.Cl.